The van der Waals surface area contributed by atoms with Crippen molar-refractivity contribution in [3.05, 3.63) is 61.9 Å². The van der Waals surface area contributed by atoms with Gasteiger partial charge in [-0.1, -0.05) is 17.9 Å². The van der Waals surface area contributed by atoms with Crippen LogP contribution in [0.3, 0.4) is 0 Å². The lowest BCUT2D eigenvalue weighted by molar-refractivity contribution is -0.137. The minimum Gasteiger partial charge on any atom is -0.444 e. The van der Waals surface area contributed by atoms with E-state index in [1.165, 1.54) is 19.1 Å². The van der Waals surface area contributed by atoms with Gasteiger partial charge in [-0.15, -0.1) is 0 Å². The molecule has 11 heteroatoms. The Morgan fingerprint density at radius 3 is 2.44 bits per heavy atom. The van der Waals surface area contributed by atoms with Crippen LogP contribution in [-0.2, 0) is 22.2 Å². The summed E-state index contributed by atoms with van der Waals surface area (Å²) in [6.45, 7) is 11.0. The Bertz CT molecular complexity index is 1330. The number of alkyl halides is 3. The lowest BCUT2D eigenvalue weighted by Crippen LogP contribution is -2.42. The van der Waals surface area contributed by atoms with Crippen LogP contribution in [0.25, 0.3) is 5.69 Å². The van der Waals surface area contributed by atoms with Crippen LogP contribution in [0.5, 0.6) is 0 Å². The van der Waals surface area contributed by atoms with Gasteiger partial charge < -0.3 is 14.8 Å². The molecule has 0 saturated heterocycles. The Kier molecular flexibility index (Phi) is 11.0. The van der Waals surface area contributed by atoms with Gasteiger partial charge in [-0.05, 0) is 79.0 Å². The van der Waals surface area contributed by atoms with E-state index >= 15 is 0 Å². The summed E-state index contributed by atoms with van der Waals surface area (Å²) < 4.78 is 52.8. The molecule has 1 atom stereocenters. The molecule has 2 rings (SSSR count). The number of amides is 1. The van der Waals surface area contributed by atoms with E-state index in [0.717, 1.165) is 21.3 Å². The topological polar surface area (TPSA) is 91.6 Å². The number of rotatable bonds is 9. The smallest absolute Gasteiger partial charge is 0.416 e. The molecule has 0 bridgehead atoms. The third-order valence-electron chi connectivity index (χ3n) is 5.55. The first-order valence-electron chi connectivity index (χ1n) is 12.8. The van der Waals surface area contributed by atoms with Crippen LogP contribution < -0.4 is 16.6 Å². The molecule has 0 aliphatic heterocycles. The van der Waals surface area contributed by atoms with Crippen LogP contribution in [0, 0.1) is 18.8 Å². The number of hydrogen-bond donors (Lipinski definition) is 1. The summed E-state index contributed by atoms with van der Waals surface area (Å²) in [4.78, 5) is 38.5. The first-order valence-corrected chi connectivity index (χ1v) is 12.8. The van der Waals surface area contributed by atoms with Gasteiger partial charge in [-0.3, -0.25) is 13.9 Å². The van der Waals surface area contributed by atoms with E-state index in [2.05, 4.69) is 17.2 Å². The fourth-order valence-corrected chi connectivity index (χ4v) is 3.76. The zero-order valence-corrected chi connectivity index (χ0v) is 23.2. The molecule has 0 saturated carbocycles. The Hall–Kier alpha value is -3.52. The highest BCUT2D eigenvalue weighted by Crippen LogP contribution is 2.30. The molecule has 1 unspecified atom stereocenters. The molecular weight excluding hydrogens is 515 g/mol. The molecule has 0 radical (unpaired) electrons. The van der Waals surface area contributed by atoms with Gasteiger partial charge in [-0.2, -0.15) is 13.2 Å². The highest BCUT2D eigenvalue weighted by atomic mass is 19.4. The average molecular weight is 552 g/mol. The van der Waals surface area contributed by atoms with Crippen molar-refractivity contribution in [2.45, 2.75) is 85.2 Å². The van der Waals surface area contributed by atoms with Crippen molar-refractivity contribution in [1.82, 2.24) is 14.5 Å². The zero-order valence-electron chi connectivity index (χ0n) is 23.2. The first kappa shape index (κ1) is 31.7. The SMILES string of the molecule is CCOC(C)C#Cc1c(C)n(-c2cccc(C(F)(F)F)c2)c(=O)n(CCCCCNC(=O)OC(C)(C)C)c1=O. The molecule has 214 valence electrons. The molecule has 0 aliphatic carbocycles. The van der Waals surface area contributed by atoms with E-state index in [0.29, 0.717) is 32.4 Å². The highest BCUT2D eigenvalue weighted by molar-refractivity contribution is 5.67. The summed E-state index contributed by atoms with van der Waals surface area (Å²) in [5.74, 6) is 5.60. The van der Waals surface area contributed by atoms with E-state index in [1.807, 2.05) is 0 Å². The second-order valence-corrected chi connectivity index (χ2v) is 9.94. The Balaban J connectivity index is 2.38. The Morgan fingerprint density at radius 2 is 1.82 bits per heavy atom. The van der Waals surface area contributed by atoms with Crippen LogP contribution in [0.4, 0.5) is 18.0 Å². The lowest BCUT2D eigenvalue weighted by Gasteiger charge is -2.19. The summed E-state index contributed by atoms with van der Waals surface area (Å²) in [7, 11) is 0. The molecule has 0 spiro atoms. The van der Waals surface area contributed by atoms with Crippen molar-refractivity contribution >= 4 is 6.09 Å². The number of hydrogen-bond acceptors (Lipinski definition) is 5. The largest absolute Gasteiger partial charge is 0.444 e. The number of alkyl carbamates (subject to hydrolysis) is 1. The van der Waals surface area contributed by atoms with E-state index in [1.54, 1.807) is 34.6 Å². The third-order valence-corrected chi connectivity index (χ3v) is 5.55. The van der Waals surface area contributed by atoms with Crippen LogP contribution >= 0.6 is 0 Å². The molecule has 1 heterocycles. The standard InChI is InChI=1S/C28H36F3N3O5/c1-7-38-19(2)14-15-23-20(3)34(22-13-11-12-21(18-22)28(29,30)31)26(37)33(24(23)35)17-10-8-9-16-32-25(36)39-27(4,5)6/h11-13,18-19H,7-10,16-17H2,1-6H3,(H,32,36). The molecule has 8 nitrogen and oxygen atoms in total. The monoisotopic (exact) mass is 551 g/mol. The molecule has 0 fully saturated rings. The van der Waals surface area contributed by atoms with Gasteiger partial charge in [0.1, 0.15) is 17.3 Å². The van der Waals surface area contributed by atoms with Gasteiger partial charge in [0.15, 0.2) is 0 Å². The van der Waals surface area contributed by atoms with Crippen LogP contribution in [0.2, 0.25) is 0 Å². The molecular formula is C28H36F3N3O5. The minimum atomic E-state index is -4.61. The molecule has 1 aromatic carbocycles. The van der Waals surface area contributed by atoms with Crippen molar-refractivity contribution in [2.75, 3.05) is 13.2 Å². The predicted octanol–water partition coefficient (Wildman–Crippen LogP) is 4.80. The maximum Gasteiger partial charge on any atom is 0.416 e. The Morgan fingerprint density at radius 1 is 1.13 bits per heavy atom. The highest BCUT2D eigenvalue weighted by Gasteiger charge is 2.31. The van der Waals surface area contributed by atoms with Gasteiger partial charge >= 0.3 is 18.0 Å². The normalized spacial score (nSPS) is 12.4. The van der Waals surface area contributed by atoms with Gasteiger partial charge in [0.05, 0.1) is 11.3 Å². The number of nitrogens with one attached hydrogen (secondary N) is 1. The van der Waals surface area contributed by atoms with Gasteiger partial charge in [0.25, 0.3) is 5.56 Å². The van der Waals surface area contributed by atoms with E-state index in [9.17, 15) is 27.6 Å². The second kappa shape index (κ2) is 13.5. The maximum atomic E-state index is 13.4. The molecule has 1 amide bonds. The number of nitrogens with zero attached hydrogens (tertiary/aromatic N) is 2. The van der Waals surface area contributed by atoms with Crippen molar-refractivity contribution in [1.29, 1.82) is 0 Å². The fraction of sp³-hybridized carbons (Fsp3) is 0.536. The summed E-state index contributed by atoms with van der Waals surface area (Å²) >= 11 is 0. The van der Waals surface area contributed by atoms with Crippen molar-refractivity contribution in [3.8, 4) is 17.5 Å². The molecule has 39 heavy (non-hydrogen) atoms. The summed E-state index contributed by atoms with van der Waals surface area (Å²) in [6.07, 6.45) is -4.08. The summed E-state index contributed by atoms with van der Waals surface area (Å²) in [6, 6.07) is 4.36. The number of halogens is 3. The number of carbonyl (C=O) groups excluding carboxylic acids is 1. The van der Waals surface area contributed by atoms with E-state index in [-0.39, 0.29) is 23.5 Å². The number of benzene rings is 1. The summed E-state index contributed by atoms with van der Waals surface area (Å²) in [5, 5.41) is 2.65. The first-order chi connectivity index (χ1) is 18.2. The zero-order chi connectivity index (χ0) is 29.4. The van der Waals surface area contributed by atoms with Crippen LogP contribution in [0.15, 0.2) is 33.9 Å². The summed E-state index contributed by atoms with van der Waals surface area (Å²) in [5.41, 5.74) is -2.79. The van der Waals surface area contributed by atoms with Gasteiger partial charge in [0, 0.05) is 25.4 Å². The molecule has 1 aromatic heterocycles. The minimum absolute atomic E-state index is 0.00478. The predicted molar refractivity (Wildman–Crippen MR) is 142 cm³/mol. The maximum absolute atomic E-state index is 13.4. The second-order valence-electron chi connectivity index (χ2n) is 9.94. The lowest BCUT2D eigenvalue weighted by atomic mass is 10.1. The number of ether oxygens (including phenoxy) is 2. The van der Waals surface area contributed by atoms with E-state index < -0.39 is 40.8 Å². The van der Waals surface area contributed by atoms with E-state index in [4.69, 9.17) is 9.47 Å². The number of unbranched alkanes of at least 4 members (excludes halogenated alkanes) is 2. The molecule has 0 aliphatic rings. The third kappa shape index (κ3) is 9.32. The van der Waals surface area contributed by atoms with Crippen molar-refractivity contribution in [2.24, 2.45) is 0 Å². The molecule has 2 aromatic rings. The van der Waals surface area contributed by atoms with Crippen molar-refractivity contribution < 1.29 is 27.4 Å². The van der Waals surface area contributed by atoms with Crippen LogP contribution in [-0.4, -0.2) is 40.1 Å². The number of aromatic nitrogens is 2. The van der Waals surface area contributed by atoms with Gasteiger partial charge in [-0.25, -0.2) is 9.59 Å². The van der Waals surface area contributed by atoms with Crippen molar-refractivity contribution in [3.63, 3.8) is 0 Å². The quantitative estimate of drug-likeness (QED) is 0.357. The molecule has 1 N–H and O–H groups in total. The fourth-order valence-electron chi connectivity index (χ4n) is 3.76. The Labute approximate surface area is 226 Å². The number of carbonyl (C=O) groups is 1. The van der Waals surface area contributed by atoms with Gasteiger partial charge in [0.2, 0.25) is 0 Å². The van der Waals surface area contributed by atoms with Crippen LogP contribution in [0.1, 0.15) is 70.7 Å². The average Bonchev–Trinajstić information content (AvgIpc) is 2.81.